The molecule has 0 radical (unpaired) electrons. The van der Waals surface area contributed by atoms with Gasteiger partial charge in [-0.3, -0.25) is 0 Å². The second-order valence-corrected chi connectivity index (χ2v) is 5.94. The van der Waals surface area contributed by atoms with E-state index in [9.17, 15) is 0 Å². The smallest absolute Gasteiger partial charge is 0.140 e. The average molecular weight is 418 g/mol. The first-order valence-corrected chi connectivity index (χ1v) is 7.52. The third-order valence-corrected chi connectivity index (χ3v) is 4.25. The van der Waals surface area contributed by atoms with Crippen LogP contribution >= 0.6 is 38.5 Å². The molecule has 5 heteroatoms. The predicted molar refractivity (Wildman–Crippen MR) is 85.5 cm³/mol. The maximum absolute atomic E-state index is 5.91. The lowest BCUT2D eigenvalue weighted by Crippen LogP contribution is -2.07. The van der Waals surface area contributed by atoms with E-state index in [4.69, 9.17) is 5.73 Å². The molecular weight excluding hydrogens is 405 g/mol. The molecule has 0 spiro atoms. The fraction of sp³-hybridized carbons (Fsp3) is 0.231. The van der Waals surface area contributed by atoms with Gasteiger partial charge in [0.15, 0.2) is 0 Å². The lowest BCUT2D eigenvalue weighted by Gasteiger charge is -2.07. The Morgan fingerprint density at radius 1 is 1.33 bits per heavy atom. The average Bonchev–Trinajstić information content (AvgIpc) is 2.33. The van der Waals surface area contributed by atoms with E-state index in [1.54, 1.807) is 0 Å². The van der Waals surface area contributed by atoms with Crippen molar-refractivity contribution in [2.24, 2.45) is 0 Å². The molecule has 0 unspecified atom stereocenters. The van der Waals surface area contributed by atoms with Gasteiger partial charge in [0.1, 0.15) is 11.6 Å². The third-order valence-electron chi connectivity index (χ3n) is 2.58. The SMILES string of the molecule is CCc1nc(Cc2cccc(Br)c2)nc(N)c1I. The van der Waals surface area contributed by atoms with Gasteiger partial charge in [0.25, 0.3) is 0 Å². The van der Waals surface area contributed by atoms with Gasteiger partial charge >= 0.3 is 0 Å². The Morgan fingerprint density at radius 2 is 2.11 bits per heavy atom. The summed E-state index contributed by atoms with van der Waals surface area (Å²) in [7, 11) is 0. The van der Waals surface area contributed by atoms with Crippen molar-refractivity contribution in [2.75, 3.05) is 5.73 Å². The van der Waals surface area contributed by atoms with Crippen LogP contribution in [0.4, 0.5) is 5.82 Å². The molecule has 0 saturated carbocycles. The monoisotopic (exact) mass is 417 g/mol. The van der Waals surface area contributed by atoms with Crippen molar-refractivity contribution in [1.29, 1.82) is 0 Å². The number of nitrogens with two attached hydrogens (primary N) is 1. The summed E-state index contributed by atoms with van der Waals surface area (Å²) in [5, 5.41) is 0. The summed E-state index contributed by atoms with van der Waals surface area (Å²) in [4.78, 5) is 8.91. The quantitative estimate of drug-likeness (QED) is 0.776. The van der Waals surface area contributed by atoms with Crippen LogP contribution in [0.25, 0.3) is 0 Å². The highest BCUT2D eigenvalue weighted by Crippen LogP contribution is 2.19. The molecule has 3 nitrogen and oxygen atoms in total. The van der Waals surface area contributed by atoms with E-state index in [2.05, 4.69) is 67.5 Å². The molecule has 0 aliphatic carbocycles. The van der Waals surface area contributed by atoms with E-state index >= 15 is 0 Å². The highest BCUT2D eigenvalue weighted by atomic mass is 127. The summed E-state index contributed by atoms with van der Waals surface area (Å²) in [6.45, 7) is 2.08. The van der Waals surface area contributed by atoms with Crippen molar-refractivity contribution in [3.63, 3.8) is 0 Å². The fourth-order valence-electron chi connectivity index (χ4n) is 1.71. The van der Waals surface area contributed by atoms with Crippen LogP contribution in [0.5, 0.6) is 0 Å². The number of benzene rings is 1. The van der Waals surface area contributed by atoms with Crippen LogP contribution in [0.2, 0.25) is 0 Å². The zero-order chi connectivity index (χ0) is 13.1. The first-order chi connectivity index (χ1) is 8.60. The topological polar surface area (TPSA) is 51.8 Å². The number of aryl methyl sites for hydroxylation is 1. The number of halogens is 2. The number of nitrogens with zero attached hydrogens (tertiary/aromatic N) is 2. The number of rotatable bonds is 3. The van der Waals surface area contributed by atoms with Crippen LogP contribution in [0, 0.1) is 3.57 Å². The normalized spacial score (nSPS) is 10.6. The van der Waals surface area contributed by atoms with Crippen LogP contribution in [0.15, 0.2) is 28.7 Å². The van der Waals surface area contributed by atoms with Gasteiger partial charge in [-0.25, -0.2) is 9.97 Å². The molecule has 2 N–H and O–H groups in total. The van der Waals surface area contributed by atoms with Gasteiger partial charge in [0, 0.05) is 10.9 Å². The lowest BCUT2D eigenvalue weighted by atomic mass is 10.1. The van der Waals surface area contributed by atoms with Crippen molar-refractivity contribution in [3.8, 4) is 0 Å². The molecule has 1 heterocycles. The van der Waals surface area contributed by atoms with E-state index in [-0.39, 0.29) is 0 Å². The van der Waals surface area contributed by atoms with E-state index in [1.165, 1.54) is 5.56 Å². The van der Waals surface area contributed by atoms with Crippen LogP contribution < -0.4 is 5.73 Å². The molecule has 0 amide bonds. The van der Waals surface area contributed by atoms with Gasteiger partial charge in [0.2, 0.25) is 0 Å². The molecule has 2 rings (SSSR count). The number of anilines is 1. The molecule has 0 bridgehead atoms. The standard InChI is InChI=1S/C13H13BrIN3/c1-2-10-12(15)13(16)18-11(17-10)7-8-4-3-5-9(14)6-8/h3-6H,2,7H2,1H3,(H2,16,17,18). The molecule has 0 saturated heterocycles. The first-order valence-electron chi connectivity index (χ1n) is 5.65. The first kappa shape index (κ1) is 13.7. The Hall–Kier alpha value is -0.690. The number of hydrogen-bond acceptors (Lipinski definition) is 3. The molecule has 0 fully saturated rings. The molecule has 0 aliphatic rings. The summed E-state index contributed by atoms with van der Waals surface area (Å²) in [6.07, 6.45) is 1.57. The number of hydrogen-bond donors (Lipinski definition) is 1. The minimum Gasteiger partial charge on any atom is -0.383 e. The highest BCUT2D eigenvalue weighted by Gasteiger charge is 2.09. The molecule has 94 valence electrons. The molecule has 0 aliphatic heterocycles. The third kappa shape index (κ3) is 3.20. The summed E-state index contributed by atoms with van der Waals surface area (Å²) >= 11 is 5.66. The van der Waals surface area contributed by atoms with E-state index < -0.39 is 0 Å². The zero-order valence-electron chi connectivity index (χ0n) is 9.95. The summed E-state index contributed by atoms with van der Waals surface area (Å²) < 4.78 is 2.03. The van der Waals surface area contributed by atoms with Crippen LogP contribution in [0.3, 0.4) is 0 Å². The molecule has 18 heavy (non-hydrogen) atoms. The van der Waals surface area contributed by atoms with Crippen LogP contribution in [-0.4, -0.2) is 9.97 Å². The second kappa shape index (κ2) is 5.97. The van der Waals surface area contributed by atoms with Gasteiger partial charge in [-0.05, 0) is 46.7 Å². The molecular formula is C13H13BrIN3. The number of nitrogen functional groups attached to an aromatic ring is 1. The number of aromatic nitrogens is 2. The van der Waals surface area contributed by atoms with E-state index in [1.807, 2.05) is 12.1 Å². The largest absolute Gasteiger partial charge is 0.383 e. The van der Waals surface area contributed by atoms with Crippen molar-refractivity contribution in [1.82, 2.24) is 9.97 Å². The van der Waals surface area contributed by atoms with Crippen LogP contribution in [0.1, 0.15) is 24.0 Å². The van der Waals surface area contributed by atoms with Crippen molar-refractivity contribution in [3.05, 3.63) is 49.4 Å². The van der Waals surface area contributed by atoms with Gasteiger partial charge in [-0.15, -0.1) is 0 Å². The van der Waals surface area contributed by atoms with Gasteiger partial charge in [-0.2, -0.15) is 0 Å². The Morgan fingerprint density at radius 3 is 2.78 bits per heavy atom. The highest BCUT2D eigenvalue weighted by molar-refractivity contribution is 14.1. The molecule has 1 aromatic heterocycles. The predicted octanol–water partition coefficient (Wildman–Crippen LogP) is 3.58. The summed E-state index contributed by atoms with van der Waals surface area (Å²) in [6, 6.07) is 8.15. The van der Waals surface area contributed by atoms with Crippen LogP contribution in [-0.2, 0) is 12.8 Å². The Labute approximate surface area is 128 Å². The minimum absolute atomic E-state index is 0.576. The summed E-state index contributed by atoms with van der Waals surface area (Å²) in [5.41, 5.74) is 8.11. The van der Waals surface area contributed by atoms with Gasteiger partial charge in [-0.1, -0.05) is 35.0 Å². The lowest BCUT2D eigenvalue weighted by molar-refractivity contribution is 0.901. The van der Waals surface area contributed by atoms with Crippen molar-refractivity contribution < 1.29 is 0 Å². The minimum atomic E-state index is 0.576. The van der Waals surface area contributed by atoms with Crippen molar-refractivity contribution in [2.45, 2.75) is 19.8 Å². The molecule has 1 aromatic carbocycles. The van der Waals surface area contributed by atoms with Crippen molar-refractivity contribution >= 4 is 44.3 Å². The Bertz CT molecular complexity index is 572. The molecule has 2 aromatic rings. The fourth-order valence-corrected chi connectivity index (χ4v) is 2.78. The van der Waals surface area contributed by atoms with E-state index in [0.717, 1.165) is 26.0 Å². The maximum atomic E-state index is 5.91. The maximum Gasteiger partial charge on any atom is 0.140 e. The molecule has 0 atom stereocenters. The summed E-state index contributed by atoms with van der Waals surface area (Å²) in [5.74, 6) is 1.36. The van der Waals surface area contributed by atoms with E-state index in [0.29, 0.717) is 12.2 Å². The van der Waals surface area contributed by atoms with Gasteiger partial charge in [0.05, 0.1) is 9.26 Å². The van der Waals surface area contributed by atoms with Gasteiger partial charge < -0.3 is 5.73 Å². The Kier molecular flexibility index (Phi) is 4.55. The second-order valence-electron chi connectivity index (χ2n) is 3.95. The zero-order valence-corrected chi connectivity index (χ0v) is 13.7. The Balaban J connectivity index is 2.32.